The molecule has 1 fully saturated rings. The van der Waals surface area contributed by atoms with Gasteiger partial charge in [0.1, 0.15) is 0 Å². The smallest absolute Gasteiger partial charge is 0.255 e. The van der Waals surface area contributed by atoms with Crippen molar-refractivity contribution in [2.24, 2.45) is 0 Å². The third-order valence-corrected chi connectivity index (χ3v) is 5.84. The Morgan fingerprint density at radius 2 is 1.84 bits per heavy atom. The number of carbonyl (C=O) groups is 1. The molecule has 1 saturated heterocycles. The van der Waals surface area contributed by atoms with Crippen LogP contribution in [0.4, 0.5) is 0 Å². The molecule has 0 N–H and O–H groups in total. The normalized spacial score (nSPS) is 20.6. The van der Waals surface area contributed by atoms with E-state index in [0.29, 0.717) is 21.7 Å². The van der Waals surface area contributed by atoms with Gasteiger partial charge >= 0.3 is 0 Å². The standard InChI is InChI=1S/C20H20Cl2N2O/c21-16-5-6-18(19(22)11-16)20(25)24-10-8-17(13-24)23-9-7-14-3-1-2-4-15(14)12-23/h1-6,11,17H,7-10,12-13H2/t17-/m1/s1. The van der Waals surface area contributed by atoms with Crippen LogP contribution in [-0.2, 0) is 13.0 Å². The first kappa shape index (κ1) is 16.9. The highest BCUT2D eigenvalue weighted by Gasteiger charge is 2.32. The van der Waals surface area contributed by atoms with Crippen LogP contribution >= 0.6 is 23.2 Å². The van der Waals surface area contributed by atoms with Crippen LogP contribution in [-0.4, -0.2) is 41.4 Å². The summed E-state index contributed by atoms with van der Waals surface area (Å²) in [7, 11) is 0. The van der Waals surface area contributed by atoms with Gasteiger partial charge in [0.2, 0.25) is 0 Å². The maximum Gasteiger partial charge on any atom is 0.255 e. The molecule has 0 aliphatic carbocycles. The zero-order valence-corrected chi connectivity index (χ0v) is 15.4. The lowest BCUT2D eigenvalue weighted by atomic mass is 9.98. The highest BCUT2D eigenvalue weighted by Crippen LogP contribution is 2.27. The first-order chi connectivity index (χ1) is 12.1. The van der Waals surface area contributed by atoms with Crippen LogP contribution in [0.3, 0.4) is 0 Å². The molecule has 25 heavy (non-hydrogen) atoms. The summed E-state index contributed by atoms with van der Waals surface area (Å²) in [5.74, 6) is 0.00146. The number of benzene rings is 2. The molecule has 0 aromatic heterocycles. The quantitative estimate of drug-likeness (QED) is 0.783. The fraction of sp³-hybridized carbons (Fsp3) is 0.350. The molecule has 1 atom stereocenters. The predicted octanol–water partition coefficient (Wildman–Crippen LogP) is 4.27. The third kappa shape index (κ3) is 3.41. The molecule has 2 aliphatic heterocycles. The van der Waals surface area contributed by atoms with E-state index in [0.717, 1.165) is 39.0 Å². The lowest BCUT2D eigenvalue weighted by Gasteiger charge is -2.33. The lowest BCUT2D eigenvalue weighted by molar-refractivity contribution is 0.0773. The monoisotopic (exact) mass is 374 g/mol. The number of likely N-dealkylation sites (tertiary alicyclic amines) is 1. The van der Waals surface area contributed by atoms with E-state index < -0.39 is 0 Å². The minimum atomic E-state index is 0.00146. The van der Waals surface area contributed by atoms with Crippen LogP contribution < -0.4 is 0 Å². The fourth-order valence-electron chi connectivity index (χ4n) is 3.89. The lowest BCUT2D eigenvalue weighted by Crippen LogP contribution is -2.41. The first-order valence-electron chi connectivity index (χ1n) is 8.67. The summed E-state index contributed by atoms with van der Waals surface area (Å²) in [6, 6.07) is 14.1. The van der Waals surface area contributed by atoms with Crippen molar-refractivity contribution in [3.63, 3.8) is 0 Å². The second-order valence-corrected chi connectivity index (χ2v) is 7.65. The molecule has 0 unspecified atom stereocenters. The van der Waals surface area contributed by atoms with Crippen molar-refractivity contribution in [3.05, 3.63) is 69.2 Å². The second kappa shape index (κ2) is 6.99. The Labute approximate surface area is 158 Å². The number of nitrogens with zero attached hydrogens (tertiary/aromatic N) is 2. The van der Waals surface area contributed by atoms with Gasteiger partial charge in [0, 0.05) is 37.2 Å². The Hall–Kier alpha value is -1.55. The Kier molecular flexibility index (Phi) is 4.72. The fourth-order valence-corrected chi connectivity index (χ4v) is 4.38. The molecular weight excluding hydrogens is 355 g/mol. The molecule has 130 valence electrons. The maximum absolute atomic E-state index is 12.8. The SMILES string of the molecule is O=C(c1ccc(Cl)cc1Cl)N1CC[C@@H](N2CCc3ccccc3C2)C1. The zero-order valence-electron chi connectivity index (χ0n) is 13.9. The molecule has 3 nitrogen and oxygen atoms in total. The molecule has 2 heterocycles. The van der Waals surface area contributed by atoms with Crippen LogP contribution in [0.15, 0.2) is 42.5 Å². The van der Waals surface area contributed by atoms with Crippen LogP contribution in [0, 0.1) is 0 Å². The summed E-state index contributed by atoms with van der Waals surface area (Å²) in [6.07, 6.45) is 2.10. The van der Waals surface area contributed by atoms with Gasteiger partial charge in [0.15, 0.2) is 0 Å². The molecule has 0 bridgehead atoms. The summed E-state index contributed by atoms with van der Waals surface area (Å²) in [4.78, 5) is 17.2. The van der Waals surface area contributed by atoms with Crippen molar-refractivity contribution in [1.82, 2.24) is 9.80 Å². The van der Waals surface area contributed by atoms with Gasteiger partial charge < -0.3 is 4.90 Å². The van der Waals surface area contributed by atoms with Gasteiger partial charge in [-0.3, -0.25) is 9.69 Å². The molecule has 2 aromatic carbocycles. The number of hydrogen-bond donors (Lipinski definition) is 0. The van der Waals surface area contributed by atoms with Gasteiger partial charge in [-0.2, -0.15) is 0 Å². The molecule has 0 saturated carbocycles. The number of hydrogen-bond acceptors (Lipinski definition) is 2. The molecule has 2 aliphatic rings. The molecule has 2 aromatic rings. The summed E-state index contributed by atoms with van der Waals surface area (Å²) < 4.78 is 0. The predicted molar refractivity (Wildman–Crippen MR) is 101 cm³/mol. The Balaban J connectivity index is 1.44. The molecular formula is C20H20Cl2N2O. The number of fused-ring (bicyclic) bond motifs is 1. The van der Waals surface area contributed by atoms with E-state index in [9.17, 15) is 4.79 Å². The Morgan fingerprint density at radius 1 is 1.04 bits per heavy atom. The van der Waals surface area contributed by atoms with E-state index in [-0.39, 0.29) is 5.91 Å². The molecule has 0 spiro atoms. The molecule has 0 radical (unpaired) electrons. The average Bonchev–Trinajstić information content (AvgIpc) is 3.11. The van der Waals surface area contributed by atoms with Crippen LogP contribution in [0.25, 0.3) is 0 Å². The van der Waals surface area contributed by atoms with Crippen molar-refractivity contribution in [3.8, 4) is 0 Å². The van der Waals surface area contributed by atoms with E-state index in [1.54, 1.807) is 18.2 Å². The molecule has 1 amide bonds. The Morgan fingerprint density at radius 3 is 2.64 bits per heavy atom. The summed E-state index contributed by atoms with van der Waals surface area (Å²) in [5.41, 5.74) is 3.41. The van der Waals surface area contributed by atoms with Gasteiger partial charge in [-0.1, -0.05) is 47.5 Å². The van der Waals surface area contributed by atoms with Gasteiger partial charge in [-0.05, 0) is 42.2 Å². The van der Waals surface area contributed by atoms with E-state index in [1.807, 2.05) is 4.90 Å². The van der Waals surface area contributed by atoms with E-state index in [2.05, 4.69) is 29.2 Å². The molecule has 4 rings (SSSR count). The minimum Gasteiger partial charge on any atom is -0.337 e. The maximum atomic E-state index is 12.8. The second-order valence-electron chi connectivity index (χ2n) is 6.81. The minimum absolute atomic E-state index is 0.00146. The van der Waals surface area contributed by atoms with Crippen molar-refractivity contribution in [2.45, 2.75) is 25.4 Å². The number of halogens is 2. The number of rotatable bonds is 2. The topological polar surface area (TPSA) is 23.6 Å². The summed E-state index contributed by atoms with van der Waals surface area (Å²) in [5, 5.41) is 0.973. The van der Waals surface area contributed by atoms with Crippen LogP contribution in [0.2, 0.25) is 10.0 Å². The van der Waals surface area contributed by atoms with E-state index in [4.69, 9.17) is 23.2 Å². The summed E-state index contributed by atoms with van der Waals surface area (Å²) in [6.45, 7) is 3.58. The highest BCUT2D eigenvalue weighted by molar-refractivity contribution is 6.36. The van der Waals surface area contributed by atoms with Gasteiger partial charge in [0.05, 0.1) is 10.6 Å². The summed E-state index contributed by atoms with van der Waals surface area (Å²) >= 11 is 12.1. The van der Waals surface area contributed by atoms with Crippen LogP contribution in [0.5, 0.6) is 0 Å². The highest BCUT2D eigenvalue weighted by atomic mass is 35.5. The van der Waals surface area contributed by atoms with Crippen molar-refractivity contribution in [1.29, 1.82) is 0 Å². The van der Waals surface area contributed by atoms with Crippen molar-refractivity contribution in [2.75, 3.05) is 19.6 Å². The van der Waals surface area contributed by atoms with Gasteiger partial charge in [-0.25, -0.2) is 0 Å². The van der Waals surface area contributed by atoms with E-state index in [1.165, 1.54) is 11.1 Å². The number of carbonyl (C=O) groups excluding carboxylic acids is 1. The zero-order chi connectivity index (χ0) is 17.4. The van der Waals surface area contributed by atoms with Gasteiger partial charge in [-0.15, -0.1) is 0 Å². The van der Waals surface area contributed by atoms with Crippen molar-refractivity contribution < 1.29 is 4.79 Å². The first-order valence-corrected chi connectivity index (χ1v) is 9.42. The number of amides is 1. The average molecular weight is 375 g/mol. The van der Waals surface area contributed by atoms with E-state index >= 15 is 0 Å². The van der Waals surface area contributed by atoms with Gasteiger partial charge in [0.25, 0.3) is 5.91 Å². The largest absolute Gasteiger partial charge is 0.337 e. The molecule has 5 heteroatoms. The Bertz CT molecular complexity index is 808. The van der Waals surface area contributed by atoms with Crippen molar-refractivity contribution >= 4 is 29.1 Å². The van der Waals surface area contributed by atoms with Crippen LogP contribution in [0.1, 0.15) is 27.9 Å². The third-order valence-electron chi connectivity index (χ3n) is 5.29.